The van der Waals surface area contributed by atoms with E-state index in [0.29, 0.717) is 36.2 Å². The van der Waals surface area contributed by atoms with Crippen LogP contribution in [0.2, 0.25) is 0 Å². The van der Waals surface area contributed by atoms with Crippen molar-refractivity contribution in [2.45, 2.75) is 22.1 Å². The van der Waals surface area contributed by atoms with E-state index in [1.165, 1.54) is 27.4 Å². The first-order valence-electron chi connectivity index (χ1n) is 8.26. The molecule has 140 valence electrons. The summed E-state index contributed by atoms with van der Waals surface area (Å²) in [5.74, 6) is 0.577. The number of sulfonamides is 1. The number of thioether (sulfide) groups is 1. The highest BCUT2D eigenvalue weighted by atomic mass is 32.2. The molecule has 1 aliphatic heterocycles. The first kappa shape index (κ1) is 19.3. The molecule has 1 saturated heterocycles. The van der Waals surface area contributed by atoms with Gasteiger partial charge in [-0.05, 0) is 30.9 Å². The van der Waals surface area contributed by atoms with E-state index in [9.17, 15) is 13.2 Å². The number of nitrogens with one attached hydrogen (secondary N) is 1. The molecule has 2 heterocycles. The summed E-state index contributed by atoms with van der Waals surface area (Å²) in [6, 6.07) is 8.51. The monoisotopic (exact) mass is 412 g/mol. The van der Waals surface area contributed by atoms with Crippen LogP contribution in [0.1, 0.15) is 12.8 Å². The number of rotatable bonds is 7. The standard InChI is InChI=1S/C16H20N4O3S3/c21-15(11-24-16-19-18-12-25-16)17-10-13-6-8-20(9-7-13)26(22,23)14-4-2-1-3-5-14/h1-5,12-13H,6-11H2,(H,17,21). The number of hydrogen-bond acceptors (Lipinski definition) is 7. The van der Waals surface area contributed by atoms with E-state index in [1.807, 2.05) is 0 Å². The van der Waals surface area contributed by atoms with E-state index in [4.69, 9.17) is 0 Å². The molecule has 7 nitrogen and oxygen atoms in total. The second kappa shape index (κ2) is 8.94. The highest BCUT2D eigenvalue weighted by Crippen LogP contribution is 2.23. The number of benzene rings is 1. The van der Waals surface area contributed by atoms with Gasteiger partial charge in [0, 0.05) is 19.6 Å². The largest absolute Gasteiger partial charge is 0.355 e. The Morgan fingerprint density at radius 2 is 2.00 bits per heavy atom. The number of carbonyl (C=O) groups is 1. The van der Waals surface area contributed by atoms with Gasteiger partial charge in [0.05, 0.1) is 10.6 Å². The Labute approximate surface area is 161 Å². The van der Waals surface area contributed by atoms with Crippen molar-refractivity contribution in [2.75, 3.05) is 25.4 Å². The fourth-order valence-corrected chi connectivity index (χ4v) is 5.57. The van der Waals surface area contributed by atoms with E-state index < -0.39 is 10.0 Å². The Kier molecular flexibility index (Phi) is 6.63. The Morgan fingerprint density at radius 1 is 1.27 bits per heavy atom. The lowest BCUT2D eigenvalue weighted by Gasteiger charge is -2.31. The second-order valence-electron chi connectivity index (χ2n) is 5.96. The van der Waals surface area contributed by atoms with Gasteiger partial charge in [0.15, 0.2) is 4.34 Å². The Hall–Kier alpha value is -1.49. The molecule has 0 spiro atoms. The van der Waals surface area contributed by atoms with Crippen LogP contribution in [0.4, 0.5) is 0 Å². The van der Waals surface area contributed by atoms with E-state index in [0.717, 1.165) is 17.2 Å². The lowest BCUT2D eigenvalue weighted by atomic mass is 9.98. The quantitative estimate of drug-likeness (QED) is 0.698. The maximum atomic E-state index is 12.6. The predicted octanol–water partition coefficient (Wildman–Crippen LogP) is 1.85. The minimum Gasteiger partial charge on any atom is -0.355 e. The number of carbonyl (C=O) groups excluding carboxylic acids is 1. The van der Waals surface area contributed by atoms with Gasteiger partial charge in [0.25, 0.3) is 0 Å². The lowest BCUT2D eigenvalue weighted by molar-refractivity contribution is -0.118. The van der Waals surface area contributed by atoms with Crippen molar-refractivity contribution in [3.8, 4) is 0 Å². The van der Waals surface area contributed by atoms with Crippen LogP contribution in [0.15, 0.2) is 45.1 Å². The molecule has 10 heteroatoms. The summed E-state index contributed by atoms with van der Waals surface area (Å²) < 4.78 is 27.5. The van der Waals surface area contributed by atoms with Crippen molar-refractivity contribution in [1.29, 1.82) is 0 Å². The molecule has 1 aliphatic rings. The SMILES string of the molecule is O=C(CSc1nncs1)NCC1CCN(S(=O)(=O)c2ccccc2)CC1. The Morgan fingerprint density at radius 3 is 2.65 bits per heavy atom. The molecule has 3 rings (SSSR count). The summed E-state index contributed by atoms with van der Waals surface area (Å²) in [6.07, 6.45) is 1.49. The zero-order valence-corrected chi connectivity index (χ0v) is 16.5. The molecule has 1 aromatic heterocycles. The molecule has 1 aromatic carbocycles. The first-order valence-corrected chi connectivity index (χ1v) is 11.6. The molecular weight excluding hydrogens is 392 g/mol. The van der Waals surface area contributed by atoms with Crippen LogP contribution in [0.25, 0.3) is 0 Å². The van der Waals surface area contributed by atoms with Crippen molar-refractivity contribution < 1.29 is 13.2 Å². The third-order valence-electron chi connectivity index (χ3n) is 4.21. The zero-order valence-electron chi connectivity index (χ0n) is 14.1. The highest BCUT2D eigenvalue weighted by molar-refractivity contribution is 8.01. The van der Waals surface area contributed by atoms with Crippen LogP contribution in [0, 0.1) is 5.92 Å². The van der Waals surface area contributed by atoms with Gasteiger partial charge in [-0.2, -0.15) is 4.31 Å². The first-order chi connectivity index (χ1) is 12.6. The molecule has 0 saturated carbocycles. The van der Waals surface area contributed by atoms with E-state index in [1.54, 1.807) is 35.8 Å². The molecule has 2 aromatic rings. The van der Waals surface area contributed by atoms with Gasteiger partial charge in [-0.3, -0.25) is 4.79 Å². The van der Waals surface area contributed by atoms with Crippen LogP contribution in [-0.4, -0.2) is 54.2 Å². The van der Waals surface area contributed by atoms with Crippen molar-refractivity contribution in [2.24, 2.45) is 5.92 Å². The summed E-state index contributed by atoms with van der Waals surface area (Å²) in [4.78, 5) is 12.2. The average molecular weight is 413 g/mol. The minimum atomic E-state index is -3.42. The average Bonchev–Trinajstić information content (AvgIpc) is 3.19. The summed E-state index contributed by atoms with van der Waals surface area (Å²) in [7, 11) is -3.42. The molecular formula is C16H20N4O3S3. The maximum Gasteiger partial charge on any atom is 0.243 e. The zero-order chi connectivity index (χ0) is 18.4. The van der Waals surface area contributed by atoms with Gasteiger partial charge in [0.2, 0.25) is 15.9 Å². The smallest absolute Gasteiger partial charge is 0.243 e. The van der Waals surface area contributed by atoms with E-state index >= 15 is 0 Å². The minimum absolute atomic E-state index is 0.0375. The number of piperidine rings is 1. The van der Waals surface area contributed by atoms with E-state index in [-0.39, 0.29) is 5.91 Å². The van der Waals surface area contributed by atoms with Crippen molar-refractivity contribution in [3.05, 3.63) is 35.8 Å². The maximum absolute atomic E-state index is 12.6. The molecule has 1 amide bonds. The molecule has 0 unspecified atom stereocenters. The normalized spacial score (nSPS) is 16.5. The van der Waals surface area contributed by atoms with Gasteiger partial charge >= 0.3 is 0 Å². The number of amides is 1. The van der Waals surface area contributed by atoms with Crippen molar-refractivity contribution >= 4 is 39.0 Å². The molecule has 1 fully saturated rings. The van der Waals surface area contributed by atoms with Gasteiger partial charge < -0.3 is 5.32 Å². The van der Waals surface area contributed by atoms with Crippen LogP contribution in [-0.2, 0) is 14.8 Å². The molecule has 1 N–H and O–H groups in total. The fraction of sp³-hybridized carbons (Fsp3) is 0.438. The summed E-state index contributed by atoms with van der Waals surface area (Å²) in [5, 5.41) is 10.5. The van der Waals surface area contributed by atoms with Gasteiger partial charge in [-0.25, -0.2) is 8.42 Å². The van der Waals surface area contributed by atoms with Gasteiger partial charge in [0.1, 0.15) is 5.51 Å². The summed E-state index contributed by atoms with van der Waals surface area (Å²) in [5.41, 5.74) is 1.64. The number of nitrogens with zero attached hydrogens (tertiary/aromatic N) is 3. The molecule has 26 heavy (non-hydrogen) atoms. The molecule has 0 atom stereocenters. The van der Waals surface area contributed by atoms with Gasteiger partial charge in [-0.15, -0.1) is 10.2 Å². The molecule has 0 aliphatic carbocycles. The van der Waals surface area contributed by atoms with Crippen LogP contribution in [0.5, 0.6) is 0 Å². The summed E-state index contributed by atoms with van der Waals surface area (Å²) in [6.45, 7) is 1.54. The molecule has 0 radical (unpaired) electrons. The third-order valence-corrected chi connectivity index (χ3v) is 7.98. The molecule has 0 bridgehead atoms. The second-order valence-corrected chi connectivity index (χ2v) is 9.95. The predicted molar refractivity (Wildman–Crippen MR) is 102 cm³/mol. The van der Waals surface area contributed by atoms with Crippen LogP contribution >= 0.6 is 23.1 Å². The van der Waals surface area contributed by atoms with Crippen LogP contribution < -0.4 is 5.32 Å². The number of hydrogen-bond donors (Lipinski definition) is 1. The Bertz CT molecular complexity index is 805. The summed E-state index contributed by atoms with van der Waals surface area (Å²) >= 11 is 2.78. The van der Waals surface area contributed by atoms with Crippen molar-refractivity contribution in [1.82, 2.24) is 19.8 Å². The fourth-order valence-electron chi connectivity index (χ4n) is 2.76. The Balaban J connectivity index is 1.42. The number of aromatic nitrogens is 2. The van der Waals surface area contributed by atoms with Gasteiger partial charge in [-0.1, -0.05) is 41.3 Å². The van der Waals surface area contributed by atoms with Crippen molar-refractivity contribution in [3.63, 3.8) is 0 Å². The lowest BCUT2D eigenvalue weighted by Crippen LogP contribution is -2.41. The van der Waals surface area contributed by atoms with Crippen LogP contribution in [0.3, 0.4) is 0 Å². The highest BCUT2D eigenvalue weighted by Gasteiger charge is 2.29. The topological polar surface area (TPSA) is 92.3 Å². The third kappa shape index (κ3) is 5.03. The van der Waals surface area contributed by atoms with E-state index in [2.05, 4.69) is 15.5 Å².